The molecule has 2 aromatic rings. The fraction of sp³-hybridized carbons (Fsp3) is 0.556. The summed E-state index contributed by atoms with van der Waals surface area (Å²) in [5, 5.41) is 1.85. The highest BCUT2D eigenvalue weighted by Crippen LogP contribution is 2.37. The van der Waals surface area contributed by atoms with Gasteiger partial charge in [-0.05, 0) is 49.8 Å². The molecule has 0 amide bonds. The van der Waals surface area contributed by atoms with Gasteiger partial charge in [-0.25, -0.2) is 0 Å². The minimum absolute atomic E-state index is 0.515. The van der Waals surface area contributed by atoms with Crippen molar-refractivity contribution in [3.8, 4) is 6.01 Å². The van der Waals surface area contributed by atoms with Crippen LogP contribution in [0.25, 0.3) is 10.9 Å². The third kappa shape index (κ3) is 3.05. The normalized spacial score (nSPS) is 19.5. The highest BCUT2D eigenvalue weighted by Gasteiger charge is 2.24. The van der Waals surface area contributed by atoms with Gasteiger partial charge in [0.05, 0.1) is 17.8 Å². The Morgan fingerprint density at radius 3 is 2.64 bits per heavy atom. The van der Waals surface area contributed by atoms with E-state index in [2.05, 4.69) is 4.98 Å². The van der Waals surface area contributed by atoms with E-state index in [4.69, 9.17) is 21.3 Å². The van der Waals surface area contributed by atoms with E-state index in [1.807, 2.05) is 18.2 Å². The summed E-state index contributed by atoms with van der Waals surface area (Å²) in [5.74, 6) is 1.23. The van der Waals surface area contributed by atoms with E-state index in [-0.39, 0.29) is 0 Å². The van der Waals surface area contributed by atoms with Crippen molar-refractivity contribution in [2.24, 2.45) is 5.92 Å². The van der Waals surface area contributed by atoms with E-state index < -0.39 is 0 Å². The number of hydrogen-bond donors (Lipinski definition) is 0. The zero-order chi connectivity index (χ0) is 14.9. The molecule has 4 rings (SSSR count). The molecule has 2 saturated carbocycles. The van der Waals surface area contributed by atoms with Crippen molar-refractivity contribution in [1.82, 2.24) is 9.97 Å². The second-order valence-corrected chi connectivity index (χ2v) is 7.08. The molecule has 0 bridgehead atoms. The Hall–Kier alpha value is -1.35. The monoisotopic (exact) mass is 316 g/mol. The van der Waals surface area contributed by atoms with Crippen LogP contribution in [0.2, 0.25) is 5.02 Å². The first kappa shape index (κ1) is 14.3. The van der Waals surface area contributed by atoms with Gasteiger partial charge in [-0.1, -0.05) is 30.9 Å². The third-order valence-electron chi connectivity index (χ3n) is 4.80. The van der Waals surface area contributed by atoms with Crippen LogP contribution in [-0.4, -0.2) is 16.6 Å². The van der Waals surface area contributed by atoms with Gasteiger partial charge in [0.2, 0.25) is 0 Å². The van der Waals surface area contributed by atoms with Crippen LogP contribution in [-0.2, 0) is 0 Å². The van der Waals surface area contributed by atoms with Crippen LogP contribution in [0.3, 0.4) is 0 Å². The van der Waals surface area contributed by atoms with Crippen molar-refractivity contribution in [2.45, 2.75) is 50.9 Å². The van der Waals surface area contributed by atoms with E-state index in [9.17, 15) is 0 Å². The maximum absolute atomic E-state index is 6.19. The smallest absolute Gasteiger partial charge is 0.317 e. The van der Waals surface area contributed by atoms with Crippen LogP contribution in [0.15, 0.2) is 18.2 Å². The van der Waals surface area contributed by atoms with Gasteiger partial charge in [0, 0.05) is 16.3 Å². The molecule has 4 heteroatoms. The lowest BCUT2D eigenvalue weighted by molar-refractivity contribution is 0.275. The molecule has 1 aromatic heterocycles. The van der Waals surface area contributed by atoms with Crippen molar-refractivity contribution in [3.63, 3.8) is 0 Å². The lowest BCUT2D eigenvalue weighted by atomic mass is 9.85. The molecular formula is C18H21ClN2O. The molecule has 1 aromatic carbocycles. The highest BCUT2D eigenvalue weighted by atomic mass is 35.5. The summed E-state index contributed by atoms with van der Waals surface area (Å²) in [5.41, 5.74) is 2.09. The highest BCUT2D eigenvalue weighted by molar-refractivity contribution is 6.31. The average Bonchev–Trinajstić information content (AvgIpc) is 3.37. The Labute approximate surface area is 136 Å². The summed E-state index contributed by atoms with van der Waals surface area (Å²) in [6.07, 6.45) is 8.88. The number of fused-ring (bicyclic) bond motifs is 1. The van der Waals surface area contributed by atoms with Gasteiger partial charge >= 0.3 is 6.01 Å². The van der Waals surface area contributed by atoms with Crippen molar-refractivity contribution < 1.29 is 4.74 Å². The number of benzene rings is 1. The lowest BCUT2D eigenvalue weighted by Crippen LogP contribution is -2.10. The fourth-order valence-electron chi connectivity index (χ4n) is 3.33. The predicted octanol–water partition coefficient (Wildman–Crippen LogP) is 5.12. The molecule has 0 atom stereocenters. The number of ether oxygens (including phenoxy) is 1. The van der Waals surface area contributed by atoms with E-state index in [0.29, 0.717) is 17.8 Å². The Morgan fingerprint density at radius 2 is 1.86 bits per heavy atom. The van der Waals surface area contributed by atoms with E-state index in [1.165, 1.54) is 44.9 Å². The standard InChI is InChI=1S/C18H21ClN2O/c19-14-8-9-16-15(10-14)17(13-4-2-1-3-5-13)21-18(20-16)22-11-12-6-7-12/h8-10,12-13H,1-7,11H2. The molecule has 116 valence electrons. The largest absolute Gasteiger partial charge is 0.463 e. The second kappa shape index (κ2) is 6.04. The van der Waals surface area contributed by atoms with E-state index in [0.717, 1.165) is 28.2 Å². The number of rotatable bonds is 4. The lowest BCUT2D eigenvalue weighted by Gasteiger charge is -2.22. The Morgan fingerprint density at radius 1 is 1.05 bits per heavy atom. The number of aromatic nitrogens is 2. The minimum atomic E-state index is 0.515. The third-order valence-corrected chi connectivity index (χ3v) is 5.04. The van der Waals surface area contributed by atoms with E-state index >= 15 is 0 Å². The molecule has 1 heterocycles. The predicted molar refractivity (Wildman–Crippen MR) is 88.6 cm³/mol. The Kier molecular flexibility index (Phi) is 3.91. The SMILES string of the molecule is Clc1ccc2nc(OCC3CC3)nc(C3CCCCC3)c2c1. The quantitative estimate of drug-likeness (QED) is 0.785. The zero-order valence-electron chi connectivity index (χ0n) is 12.7. The van der Waals surface area contributed by atoms with Crippen molar-refractivity contribution in [3.05, 3.63) is 28.9 Å². The van der Waals surface area contributed by atoms with Gasteiger partial charge < -0.3 is 4.74 Å². The Balaban J connectivity index is 1.73. The first-order valence-electron chi connectivity index (χ1n) is 8.39. The molecule has 3 nitrogen and oxygen atoms in total. The number of nitrogens with zero attached hydrogens (tertiary/aromatic N) is 2. The molecular weight excluding hydrogens is 296 g/mol. The fourth-order valence-corrected chi connectivity index (χ4v) is 3.50. The molecule has 0 saturated heterocycles. The van der Waals surface area contributed by atoms with Gasteiger partial charge in [-0.15, -0.1) is 0 Å². The summed E-state index contributed by atoms with van der Waals surface area (Å²) < 4.78 is 5.84. The van der Waals surface area contributed by atoms with Crippen LogP contribution in [0.5, 0.6) is 6.01 Å². The molecule has 2 aliphatic rings. The van der Waals surface area contributed by atoms with Crippen LogP contribution < -0.4 is 4.74 Å². The summed E-state index contributed by atoms with van der Waals surface area (Å²) in [6.45, 7) is 0.753. The van der Waals surface area contributed by atoms with Crippen molar-refractivity contribution in [1.29, 1.82) is 0 Å². The first-order chi connectivity index (χ1) is 10.8. The van der Waals surface area contributed by atoms with Gasteiger partial charge in [-0.3, -0.25) is 0 Å². The summed E-state index contributed by atoms with van der Waals surface area (Å²) >= 11 is 6.19. The summed E-state index contributed by atoms with van der Waals surface area (Å²) in [7, 11) is 0. The molecule has 0 radical (unpaired) electrons. The molecule has 2 fully saturated rings. The zero-order valence-corrected chi connectivity index (χ0v) is 13.5. The first-order valence-corrected chi connectivity index (χ1v) is 8.77. The minimum Gasteiger partial charge on any atom is -0.463 e. The molecule has 2 aliphatic carbocycles. The van der Waals surface area contributed by atoms with E-state index in [1.54, 1.807) is 0 Å². The van der Waals surface area contributed by atoms with Crippen molar-refractivity contribution in [2.75, 3.05) is 6.61 Å². The molecule has 0 N–H and O–H groups in total. The van der Waals surface area contributed by atoms with Gasteiger partial charge in [0.15, 0.2) is 0 Å². The molecule has 0 aliphatic heterocycles. The van der Waals surface area contributed by atoms with Crippen LogP contribution in [0, 0.1) is 5.92 Å². The maximum Gasteiger partial charge on any atom is 0.317 e. The molecule has 0 spiro atoms. The molecule has 22 heavy (non-hydrogen) atoms. The van der Waals surface area contributed by atoms with Gasteiger partial charge in [0.25, 0.3) is 0 Å². The Bertz CT molecular complexity index is 678. The van der Waals surface area contributed by atoms with Crippen LogP contribution in [0.4, 0.5) is 0 Å². The van der Waals surface area contributed by atoms with Crippen molar-refractivity contribution >= 4 is 22.5 Å². The molecule has 0 unspecified atom stereocenters. The van der Waals surface area contributed by atoms with Gasteiger partial charge in [-0.2, -0.15) is 9.97 Å². The topological polar surface area (TPSA) is 35.0 Å². The number of hydrogen-bond acceptors (Lipinski definition) is 3. The second-order valence-electron chi connectivity index (χ2n) is 6.64. The van der Waals surface area contributed by atoms with Crippen LogP contribution in [0.1, 0.15) is 56.6 Å². The maximum atomic E-state index is 6.19. The summed E-state index contributed by atoms with van der Waals surface area (Å²) in [6, 6.07) is 6.43. The number of halogens is 1. The average molecular weight is 317 g/mol. The summed E-state index contributed by atoms with van der Waals surface area (Å²) in [4.78, 5) is 9.35. The van der Waals surface area contributed by atoms with Crippen LogP contribution >= 0.6 is 11.6 Å². The van der Waals surface area contributed by atoms with Gasteiger partial charge in [0.1, 0.15) is 0 Å².